The molecule has 0 aliphatic heterocycles. The van der Waals surface area contributed by atoms with Gasteiger partial charge in [0.1, 0.15) is 0 Å². The summed E-state index contributed by atoms with van der Waals surface area (Å²) in [7, 11) is 0. The average Bonchev–Trinajstić information content (AvgIpc) is 2.85. The van der Waals surface area contributed by atoms with Crippen LogP contribution in [0.4, 0.5) is 16.2 Å². The van der Waals surface area contributed by atoms with Gasteiger partial charge in [-0.1, -0.05) is 86.1 Å². The van der Waals surface area contributed by atoms with Gasteiger partial charge in [-0.3, -0.25) is 4.90 Å². The highest BCUT2D eigenvalue weighted by molar-refractivity contribution is 6.30. The van der Waals surface area contributed by atoms with E-state index in [1.807, 2.05) is 60.7 Å². The molecule has 1 heterocycles. The van der Waals surface area contributed by atoms with Gasteiger partial charge in [0, 0.05) is 16.1 Å². The molecule has 33 heavy (non-hydrogen) atoms. The molecule has 0 aliphatic rings. The monoisotopic (exact) mass is 456 g/mol. The third-order valence-corrected chi connectivity index (χ3v) is 5.82. The summed E-state index contributed by atoms with van der Waals surface area (Å²) >= 11 is 6.14. The summed E-state index contributed by atoms with van der Waals surface area (Å²) in [6.07, 6.45) is 3.19. The second kappa shape index (κ2) is 9.84. The molecule has 3 aromatic carbocycles. The van der Waals surface area contributed by atoms with Gasteiger partial charge in [-0.05, 0) is 36.1 Å². The Balaban J connectivity index is 1.99. The van der Waals surface area contributed by atoms with Crippen LogP contribution in [0.25, 0.3) is 22.6 Å². The van der Waals surface area contributed by atoms with Crippen molar-refractivity contribution >= 4 is 29.0 Å². The molecular formula is C27H25ClN4O. The molecule has 0 bridgehead atoms. The number of amides is 2. The van der Waals surface area contributed by atoms with Crippen LogP contribution in [0.15, 0.2) is 79.0 Å². The first-order chi connectivity index (χ1) is 16.0. The third-order valence-electron chi connectivity index (χ3n) is 5.57. The summed E-state index contributed by atoms with van der Waals surface area (Å²) in [5.41, 5.74) is 11.7. The summed E-state index contributed by atoms with van der Waals surface area (Å²) in [6.45, 7) is 4.12. The smallest absolute Gasteiger partial charge is 0.324 e. The molecule has 0 spiro atoms. The van der Waals surface area contributed by atoms with Crippen molar-refractivity contribution in [1.82, 2.24) is 9.97 Å². The number of benzene rings is 3. The first kappa shape index (κ1) is 22.5. The Morgan fingerprint density at radius 2 is 1.52 bits per heavy atom. The minimum Gasteiger partial charge on any atom is -0.351 e. The molecule has 0 saturated heterocycles. The molecule has 0 aliphatic carbocycles. The molecule has 0 radical (unpaired) electrons. The maximum absolute atomic E-state index is 12.9. The van der Waals surface area contributed by atoms with Crippen LogP contribution in [0.1, 0.15) is 25.0 Å². The molecule has 1 aromatic heterocycles. The van der Waals surface area contributed by atoms with Gasteiger partial charge in [0.25, 0.3) is 0 Å². The highest BCUT2D eigenvalue weighted by atomic mass is 35.5. The Morgan fingerprint density at radius 3 is 2.09 bits per heavy atom. The summed E-state index contributed by atoms with van der Waals surface area (Å²) < 4.78 is 0. The zero-order chi connectivity index (χ0) is 23.4. The molecule has 0 saturated carbocycles. The van der Waals surface area contributed by atoms with Crippen LogP contribution in [-0.2, 0) is 12.8 Å². The molecular weight excluding hydrogens is 432 g/mol. The molecule has 4 rings (SSSR count). The molecule has 2 N–H and O–H groups in total. The van der Waals surface area contributed by atoms with E-state index < -0.39 is 6.03 Å². The Kier molecular flexibility index (Phi) is 6.71. The number of aryl methyl sites for hydroxylation is 2. The SMILES string of the molecule is CCc1cccc(CC)c1N(C(N)=O)c1cnc(-c2ccccc2)nc1-c1ccc(Cl)cc1. The van der Waals surface area contributed by atoms with Gasteiger partial charge in [0.2, 0.25) is 0 Å². The Morgan fingerprint density at radius 1 is 0.879 bits per heavy atom. The average molecular weight is 457 g/mol. The lowest BCUT2D eigenvalue weighted by molar-refractivity contribution is 0.256. The number of primary amides is 1. The Bertz CT molecular complexity index is 1250. The van der Waals surface area contributed by atoms with Crippen molar-refractivity contribution in [2.75, 3.05) is 4.90 Å². The minimum atomic E-state index is -0.586. The highest BCUT2D eigenvalue weighted by Crippen LogP contribution is 2.38. The van der Waals surface area contributed by atoms with Crippen molar-refractivity contribution in [3.63, 3.8) is 0 Å². The number of nitrogens with two attached hydrogens (primary N) is 1. The summed E-state index contributed by atoms with van der Waals surface area (Å²) in [5, 5.41) is 0.619. The van der Waals surface area contributed by atoms with Gasteiger partial charge < -0.3 is 5.73 Å². The number of carbonyl (C=O) groups is 1. The number of carbonyl (C=O) groups excluding carboxylic acids is 1. The van der Waals surface area contributed by atoms with Crippen LogP contribution in [0.5, 0.6) is 0 Å². The maximum atomic E-state index is 12.9. The van der Waals surface area contributed by atoms with E-state index in [9.17, 15) is 4.79 Å². The van der Waals surface area contributed by atoms with Gasteiger partial charge in [-0.2, -0.15) is 0 Å². The molecule has 0 atom stereocenters. The summed E-state index contributed by atoms with van der Waals surface area (Å²) in [4.78, 5) is 23.9. The van der Waals surface area contributed by atoms with Crippen LogP contribution in [0, 0.1) is 0 Å². The standard InChI is InChI=1S/C27H25ClN4O/c1-3-18-11-8-12-19(4-2)25(18)32(27(29)33)23-17-30-26(21-9-6-5-7-10-21)31-24(23)20-13-15-22(28)16-14-20/h5-17H,3-4H2,1-2H3,(H2,29,33). The van der Waals surface area contributed by atoms with E-state index in [1.165, 1.54) is 4.90 Å². The van der Waals surface area contributed by atoms with Gasteiger partial charge >= 0.3 is 6.03 Å². The Hall–Kier alpha value is -3.70. The molecule has 5 nitrogen and oxygen atoms in total. The van der Waals surface area contributed by atoms with Crippen molar-refractivity contribution in [3.8, 4) is 22.6 Å². The third kappa shape index (κ3) is 4.59. The summed E-state index contributed by atoms with van der Waals surface area (Å²) in [5.74, 6) is 0.563. The van der Waals surface area contributed by atoms with E-state index in [4.69, 9.17) is 22.3 Å². The predicted octanol–water partition coefficient (Wildman–Crippen LogP) is 6.81. The largest absolute Gasteiger partial charge is 0.351 e. The van der Waals surface area contributed by atoms with Gasteiger partial charge in [0.15, 0.2) is 5.82 Å². The number of aromatic nitrogens is 2. The minimum absolute atomic E-state index is 0.528. The van der Waals surface area contributed by atoms with Gasteiger partial charge in [0.05, 0.1) is 23.3 Å². The van der Waals surface area contributed by atoms with Crippen molar-refractivity contribution in [1.29, 1.82) is 0 Å². The first-order valence-corrected chi connectivity index (χ1v) is 11.3. The zero-order valence-electron chi connectivity index (χ0n) is 18.6. The van der Waals surface area contributed by atoms with Crippen LogP contribution in [0.3, 0.4) is 0 Å². The lowest BCUT2D eigenvalue weighted by Crippen LogP contribution is -2.33. The van der Waals surface area contributed by atoms with Gasteiger partial charge in [-0.25, -0.2) is 14.8 Å². The quantitative estimate of drug-likeness (QED) is 0.346. The number of urea groups is 1. The van der Waals surface area contributed by atoms with E-state index in [1.54, 1.807) is 18.3 Å². The van der Waals surface area contributed by atoms with Crippen LogP contribution < -0.4 is 10.6 Å². The van der Waals surface area contributed by atoms with E-state index >= 15 is 0 Å². The van der Waals surface area contributed by atoms with Crippen LogP contribution in [-0.4, -0.2) is 16.0 Å². The van der Waals surface area contributed by atoms with Gasteiger partial charge in [-0.15, -0.1) is 0 Å². The van der Waals surface area contributed by atoms with Crippen molar-refractivity contribution in [3.05, 3.63) is 95.1 Å². The maximum Gasteiger partial charge on any atom is 0.324 e. The van der Waals surface area contributed by atoms with E-state index in [-0.39, 0.29) is 0 Å². The molecule has 6 heteroatoms. The van der Waals surface area contributed by atoms with Crippen LogP contribution >= 0.6 is 11.6 Å². The number of para-hydroxylation sites is 1. The second-order valence-corrected chi connectivity index (χ2v) is 8.04. The lowest BCUT2D eigenvalue weighted by atomic mass is 10.0. The normalized spacial score (nSPS) is 10.8. The fraction of sp³-hybridized carbons (Fsp3) is 0.148. The van der Waals surface area contributed by atoms with Crippen LogP contribution in [0.2, 0.25) is 5.02 Å². The van der Waals surface area contributed by atoms with E-state index in [2.05, 4.69) is 18.8 Å². The van der Waals surface area contributed by atoms with E-state index in [0.29, 0.717) is 22.2 Å². The molecule has 0 unspecified atom stereocenters. The van der Waals surface area contributed by atoms with Crippen molar-refractivity contribution in [2.45, 2.75) is 26.7 Å². The highest BCUT2D eigenvalue weighted by Gasteiger charge is 2.25. The molecule has 0 fully saturated rings. The number of halogens is 1. The second-order valence-electron chi connectivity index (χ2n) is 7.61. The number of hydrogen-bond acceptors (Lipinski definition) is 3. The molecule has 4 aromatic rings. The zero-order valence-corrected chi connectivity index (χ0v) is 19.4. The number of rotatable bonds is 6. The molecule has 166 valence electrons. The predicted molar refractivity (Wildman–Crippen MR) is 135 cm³/mol. The number of nitrogens with zero attached hydrogens (tertiary/aromatic N) is 3. The van der Waals surface area contributed by atoms with Crippen molar-refractivity contribution < 1.29 is 4.79 Å². The fourth-order valence-electron chi connectivity index (χ4n) is 3.94. The fourth-order valence-corrected chi connectivity index (χ4v) is 4.06. The number of anilines is 2. The lowest BCUT2D eigenvalue weighted by Gasteiger charge is -2.27. The topological polar surface area (TPSA) is 72.1 Å². The molecule has 2 amide bonds. The summed E-state index contributed by atoms with van der Waals surface area (Å²) in [6, 6.07) is 22.6. The number of hydrogen-bond donors (Lipinski definition) is 1. The van der Waals surface area contributed by atoms with E-state index in [0.717, 1.165) is 40.8 Å². The first-order valence-electron chi connectivity index (χ1n) is 10.9. The van der Waals surface area contributed by atoms with Crippen molar-refractivity contribution in [2.24, 2.45) is 5.73 Å². The Labute approximate surface area is 198 Å².